The van der Waals surface area contributed by atoms with Crippen LogP contribution in [0.3, 0.4) is 0 Å². The first kappa shape index (κ1) is 73.5. The normalized spacial score (nSPS) is 23.8. The van der Waals surface area contributed by atoms with E-state index in [0.29, 0.717) is 12.8 Å². The van der Waals surface area contributed by atoms with Gasteiger partial charge in [0.25, 0.3) is 0 Å². The zero-order chi connectivity index (χ0) is 54.8. The number of rotatable bonds is 50. The molecule has 2 saturated heterocycles. The van der Waals surface area contributed by atoms with E-state index >= 15 is 0 Å². The van der Waals surface area contributed by atoms with Crippen molar-refractivity contribution in [2.24, 2.45) is 0 Å². The van der Waals surface area contributed by atoms with E-state index in [4.69, 9.17) is 23.7 Å². The van der Waals surface area contributed by atoms with Gasteiger partial charge in [-0.15, -0.1) is 0 Å². The molecule has 2 fully saturated rings. The Labute approximate surface area is 483 Å². The molecule has 18 heteroatoms. The van der Waals surface area contributed by atoms with Gasteiger partial charge in [0.1, 0.15) is 30.5 Å². The summed E-state index contributed by atoms with van der Waals surface area (Å²) in [5, 5.41) is 52.5. The maximum atomic E-state index is 13.4. The smallest absolute Gasteiger partial charge is 0.726 e. The molecule has 2 aliphatic heterocycles. The minimum atomic E-state index is -5.54. The molecule has 0 radical (unpaired) electrons. The van der Waals surface area contributed by atoms with Crippen LogP contribution in [-0.4, -0.2) is 125 Å². The molecule has 5 N–H and O–H groups in total. The molecule has 0 aromatic carbocycles. The number of aliphatic hydroxyl groups excluding tert-OH is 5. The van der Waals surface area contributed by atoms with E-state index < -0.39 is 97.0 Å². The van der Waals surface area contributed by atoms with Crippen LogP contribution in [0.5, 0.6) is 0 Å². The van der Waals surface area contributed by atoms with Crippen LogP contribution in [0.1, 0.15) is 284 Å². The predicted molar refractivity (Wildman–Crippen MR) is 290 cm³/mol. The summed E-state index contributed by atoms with van der Waals surface area (Å²) in [4.78, 5) is 26.7. The second-order valence-electron chi connectivity index (χ2n) is 21.9. The first-order chi connectivity index (χ1) is 36.4. The maximum absolute atomic E-state index is 13.4. The van der Waals surface area contributed by atoms with Gasteiger partial charge in [-0.1, -0.05) is 258 Å². The molecular weight excluding hydrogens is 1010 g/mol. The number of unbranched alkanes of at least 4 members (excludes halogenated alkanes) is 38. The van der Waals surface area contributed by atoms with Gasteiger partial charge in [-0.3, -0.25) is 13.8 Å². The topological polar surface area (TPSA) is 248 Å². The summed E-state index contributed by atoms with van der Waals surface area (Å²) < 4.78 is 68.2. The van der Waals surface area contributed by atoms with E-state index in [9.17, 15) is 48.1 Å². The number of aliphatic hydroxyl groups is 5. The van der Waals surface area contributed by atoms with Gasteiger partial charge in [-0.25, -0.2) is 8.42 Å². The molecule has 0 unspecified atom stereocenters. The van der Waals surface area contributed by atoms with Crippen LogP contribution in [0, 0.1) is 0 Å². The van der Waals surface area contributed by atoms with Crippen LogP contribution < -0.4 is 29.6 Å². The molecule has 16 nitrogen and oxygen atoms in total. The van der Waals surface area contributed by atoms with Gasteiger partial charge in [0.05, 0.1) is 13.2 Å². The number of carbonyl (C=O) groups excluding carboxylic acids is 2. The Hall–Kier alpha value is -0.510. The molecule has 2 rings (SSSR count). The van der Waals surface area contributed by atoms with Crippen molar-refractivity contribution in [2.45, 2.75) is 345 Å². The van der Waals surface area contributed by atoms with Gasteiger partial charge in [0, 0.05) is 12.8 Å². The largest absolute Gasteiger partial charge is 1.00 e. The molecule has 0 aliphatic carbocycles. The third-order valence-corrected chi connectivity index (χ3v) is 15.6. The van der Waals surface area contributed by atoms with Crippen LogP contribution in [0.15, 0.2) is 0 Å². The Balaban J connectivity index is 0.0000289. The van der Waals surface area contributed by atoms with Crippen molar-refractivity contribution < 1.29 is 106 Å². The number of carbonyl (C=O) groups is 2. The predicted octanol–water partition coefficient (Wildman–Crippen LogP) is 8.62. The van der Waals surface area contributed by atoms with Crippen molar-refractivity contribution in [1.29, 1.82) is 0 Å². The summed E-state index contributed by atoms with van der Waals surface area (Å²) in [6, 6.07) is 0. The quantitative estimate of drug-likeness (QED) is 0.0126. The van der Waals surface area contributed by atoms with Crippen molar-refractivity contribution >= 4 is 22.3 Å². The van der Waals surface area contributed by atoms with Crippen LogP contribution >= 0.6 is 0 Å². The van der Waals surface area contributed by atoms with Crippen molar-refractivity contribution in [2.75, 3.05) is 13.2 Å². The molecule has 0 amide bonds. The van der Waals surface area contributed by atoms with Gasteiger partial charge in [-0.2, -0.15) is 0 Å². The van der Waals surface area contributed by atoms with E-state index in [1.807, 2.05) is 0 Å². The minimum Gasteiger partial charge on any atom is -0.726 e. The van der Waals surface area contributed by atoms with Crippen molar-refractivity contribution in [3.05, 3.63) is 0 Å². The number of esters is 2. The summed E-state index contributed by atoms with van der Waals surface area (Å²) in [5.41, 5.74) is 0. The standard InChI is InChI=1S/C58H110O16S.Na/c1-3-5-7-9-11-13-15-17-18-19-20-21-22-23-24-25-26-27-28-29-30-32-34-35-37-39-41-43-49(61)71-54-52(64)48(46-60)70-58(73-57-55(74-75(66,67)68)53(65)51(63)47(45-59)69-57)56(54)72-50(62)44-42-40-38-36-33-31-16-14-12-10-8-6-4-2;/h47-48,51-60,63-65H,3-46H2,1-2H3,(H,66,67,68);/q;+1/p-1/t47-,48-,51-,52-,53+,54+,55-,56-,57-,58-;/m1./s1. The molecule has 0 bridgehead atoms. The Morgan fingerprint density at radius 1 is 0.408 bits per heavy atom. The van der Waals surface area contributed by atoms with E-state index in [-0.39, 0.29) is 42.4 Å². The molecular formula is C58H109NaO16S. The van der Waals surface area contributed by atoms with Crippen LogP contribution in [0.4, 0.5) is 0 Å². The molecule has 2 aliphatic rings. The molecule has 0 spiro atoms. The first-order valence-corrected chi connectivity index (χ1v) is 31.9. The van der Waals surface area contributed by atoms with E-state index in [0.717, 1.165) is 51.4 Å². The van der Waals surface area contributed by atoms with Crippen molar-refractivity contribution in [3.63, 3.8) is 0 Å². The Bertz CT molecular complexity index is 1480. The average Bonchev–Trinajstić information content (AvgIpc) is 3.38. The fraction of sp³-hybridized carbons (Fsp3) is 0.966. The molecule has 444 valence electrons. The second kappa shape index (κ2) is 48.1. The fourth-order valence-electron chi connectivity index (χ4n) is 10.4. The number of hydrogen-bond donors (Lipinski definition) is 5. The Kier molecular flexibility index (Phi) is 46.5. The van der Waals surface area contributed by atoms with Crippen LogP contribution in [0.25, 0.3) is 0 Å². The SMILES string of the molecule is CCCCCCCCCCCCCCCCCCCCCCCCCCCCCC(=O)O[C@H]1[C@H](O)[C@@H](CO)O[C@H](O[C@H]2O[C@H](CO)[C@@H](O)[C@H](O)[C@H]2OS(=O)(=O)[O-])[C@@H]1OC(=O)CCCCCCCCCCCCCCC.[Na+]. The van der Waals surface area contributed by atoms with Crippen LogP contribution in [-0.2, 0) is 47.9 Å². The molecule has 0 aromatic heterocycles. The van der Waals surface area contributed by atoms with E-state index in [1.54, 1.807) is 0 Å². The van der Waals surface area contributed by atoms with Crippen molar-refractivity contribution in [1.82, 2.24) is 0 Å². The zero-order valence-electron chi connectivity index (χ0n) is 48.0. The molecule has 10 atom stereocenters. The molecule has 76 heavy (non-hydrogen) atoms. The first-order valence-electron chi connectivity index (χ1n) is 30.6. The molecule has 0 aromatic rings. The van der Waals surface area contributed by atoms with Gasteiger partial charge >= 0.3 is 41.5 Å². The summed E-state index contributed by atoms with van der Waals surface area (Å²) in [7, 11) is -5.54. The summed E-state index contributed by atoms with van der Waals surface area (Å²) in [6.07, 6.45) is 30.4. The number of ether oxygens (including phenoxy) is 5. The molecule has 0 saturated carbocycles. The van der Waals surface area contributed by atoms with Gasteiger partial charge in [-0.05, 0) is 12.8 Å². The molecule has 2 heterocycles. The summed E-state index contributed by atoms with van der Waals surface area (Å²) >= 11 is 0. The Morgan fingerprint density at radius 2 is 0.671 bits per heavy atom. The van der Waals surface area contributed by atoms with E-state index in [2.05, 4.69) is 18.0 Å². The third kappa shape index (κ3) is 35.4. The van der Waals surface area contributed by atoms with Crippen molar-refractivity contribution in [3.8, 4) is 0 Å². The van der Waals surface area contributed by atoms with Gasteiger partial charge in [0.15, 0.2) is 24.6 Å². The Morgan fingerprint density at radius 3 is 0.961 bits per heavy atom. The number of hydrogen-bond acceptors (Lipinski definition) is 16. The van der Waals surface area contributed by atoms with Crippen LogP contribution in [0.2, 0.25) is 0 Å². The minimum absolute atomic E-state index is 0. The maximum Gasteiger partial charge on any atom is 1.00 e. The van der Waals surface area contributed by atoms with Gasteiger partial charge in [0.2, 0.25) is 16.7 Å². The van der Waals surface area contributed by atoms with E-state index in [1.165, 1.54) is 193 Å². The average molecular weight is 1120 g/mol. The third-order valence-electron chi connectivity index (χ3n) is 15.1. The summed E-state index contributed by atoms with van der Waals surface area (Å²) in [6.45, 7) is 2.79. The zero-order valence-corrected chi connectivity index (χ0v) is 50.8. The van der Waals surface area contributed by atoms with Gasteiger partial charge < -0.3 is 53.8 Å². The summed E-state index contributed by atoms with van der Waals surface area (Å²) in [5.74, 6) is -1.45. The fourth-order valence-corrected chi connectivity index (χ4v) is 10.9. The monoisotopic (exact) mass is 1120 g/mol. The second-order valence-corrected chi connectivity index (χ2v) is 22.9.